The van der Waals surface area contributed by atoms with Gasteiger partial charge in [0, 0.05) is 17.0 Å². The maximum absolute atomic E-state index is 11.8. The van der Waals surface area contributed by atoms with Gasteiger partial charge < -0.3 is 15.2 Å². The number of aliphatic hydroxyl groups is 1. The fraction of sp³-hybridized carbons (Fsp3) is 0.588. The lowest BCUT2D eigenvalue weighted by Gasteiger charge is -2.32. The largest absolute Gasteiger partial charge is 0.444 e. The molecule has 1 aromatic rings. The number of amides is 1. The Morgan fingerprint density at radius 3 is 2.45 bits per heavy atom. The van der Waals surface area contributed by atoms with Crippen molar-refractivity contribution in [1.29, 1.82) is 0 Å². The maximum atomic E-state index is 11.8. The Bertz CT molecular complexity index is 493. The third kappa shape index (κ3) is 5.85. The maximum Gasteiger partial charge on any atom is 0.407 e. The number of halogens is 1. The van der Waals surface area contributed by atoms with Crippen molar-refractivity contribution in [3.8, 4) is 0 Å². The fourth-order valence-corrected chi connectivity index (χ4v) is 2.36. The summed E-state index contributed by atoms with van der Waals surface area (Å²) < 4.78 is 5.24. The summed E-state index contributed by atoms with van der Waals surface area (Å²) in [6.07, 6.45) is 0.831. The van der Waals surface area contributed by atoms with Crippen LogP contribution in [-0.2, 0) is 11.2 Å². The molecule has 0 radical (unpaired) electrons. The van der Waals surface area contributed by atoms with Gasteiger partial charge in [0.2, 0.25) is 0 Å². The van der Waals surface area contributed by atoms with Gasteiger partial charge >= 0.3 is 6.09 Å². The van der Waals surface area contributed by atoms with E-state index in [2.05, 4.69) is 5.32 Å². The summed E-state index contributed by atoms with van der Waals surface area (Å²) in [5.74, 6) is 0. The topological polar surface area (TPSA) is 58.6 Å². The van der Waals surface area contributed by atoms with Crippen LogP contribution in [0.2, 0.25) is 5.02 Å². The predicted octanol–water partition coefficient (Wildman–Crippen LogP) is 3.80. The molecular weight excluding hydrogens is 302 g/mol. The van der Waals surface area contributed by atoms with Crippen molar-refractivity contribution in [2.75, 3.05) is 13.2 Å². The lowest BCUT2D eigenvalue weighted by atomic mass is 9.80. The minimum Gasteiger partial charge on any atom is -0.444 e. The average molecular weight is 328 g/mol. The molecule has 0 aliphatic carbocycles. The highest BCUT2D eigenvalue weighted by Gasteiger charge is 2.30. The van der Waals surface area contributed by atoms with Gasteiger partial charge in [-0.25, -0.2) is 4.79 Å². The van der Waals surface area contributed by atoms with Crippen LogP contribution >= 0.6 is 11.6 Å². The molecule has 2 N–H and O–H groups in total. The van der Waals surface area contributed by atoms with Gasteiger partial charge in [0.1, 0.15) is 5.60 Å². The van der Waals surface area contributed by atoms with Gasteiger partial charge in [0.05, 0.1) is 6.61 Å². The molecule has 0 aliphatic rings. The van der Waals surface area contributed by atoms with Crippen molar-refractivity contribution in [2.24, 2.45) is 5.41 Å². The molecule has 0 spiro atoms. The van der Waals surface area contributed by atoms with E-state index in [1.807, 2.05) is 52.0 Å². The SMILES string of the molecule is CCC(CO)(CNC(=O)OC(C)(C)C)Cc1ccccc1Cl. The summed E-state index contributed by atoms with van der Waals surface area (Å²) in [5.41, 5.74) is -0.0333. The zero-order valence-corrected chi connectivity index (χ0v) is 14.5. The van der Waals surface area contributed by atoms with Crippen molar-refractivity contribution in [3.63, 3.8) is 0 Å². The molecule has 1 atom stereocenters. The molecular formula is C17H26ClNO3. The van der Waals surface area contributed by atoms with Crippen molar-refractivity contribution < 1.29 is 14.6 Å². The Balaban J connectivity index is 2.75. The Hall–Kier alpha value is -1.26. The molecule has 5 heteroatoms. The number of rotatable bonds is 6. The van der Waals surface area contributed by atoms with E-state index >= 15 is 0 Å². The number of hydrogen-bond donors (Lipinski definition) is 2. The van der Waals surface area contributed by atoms with Gasteiger partial charge in [0.25, 0.3) is 0 Å². The molecule has 22 heavy (non-hydrogen) atoms. The normalized spacial score (nSPS) is 14.3. The summed E-state index contributed by atoms with van der Waals surface area (Å²) in [4.78, 5) is 11.8. The predicted molar refractivity (Wildman–Crippen MR) is 89.2 cm³/mol. The zero-order chi connectivity index (χ0) is 16.8. The molecule has 1 aromatic carbocycles. The first-order valence-corrected chi connectivity index (χ1v) is 7.90. The fourth-order valence-electron chi connectivity index (χ4n) is 2.16. The summed E-state index contributed by atoms with van der Waals surface area (Å²) in [6, 6.07) is 7.56. The molecule has 1 rings (SSSR count). The zero-order valence-electron chi connectivity index (χ0n) is 13.8. The van der Waals surface area contributed by atoms with Crippen molar-refractivity contribution in [1.82, 2.24) is 5.32 Å². The molecule has 0 heterocycles. The van der Waals surface area contributed by atoms with Crippen LogP contribution in [0.3, 0.4) is 0 Å². The highest BCUT2D eigenvalue weighted by atomic mass is 35.5. The summed E-state index contributed by atoms with van der Waals surface area (Å²) in [6.45, 7) is 7.73. The summed E-state index contributed by atoms with van der Waals surface area (Å²) in [5, 5.41) is 13.3. The number of benzene rings is 1. The van der Waals surface area contributed by atoms with Gasteiger partial charge in [-0.2, -0.15) is 0 Å². The van der Waals surface area contributed by atoms with Gasteiger partial charge in [-0.1, -0.05) is 36.7 Å². The molecule has 0 bridgehead atoms. The molecule has 0 saturated heterocycles. The van der Waals surface area contributed by atoms with E-state index in [-0.39, 0.29) is 6.61 Å². The minimum atomic E-state index is -0.541. The number of ether oxygens (including phenoxy) is 1. The second-order valence-electron chi connectivity index (χ2n) is 6.64. The lowest BCUT2D eigenvalue weighted by Crippen LogP contribution is -2.43. The molecule has 0 aromatic heterocycles. The molecule has 1 amide bonds. The third-order valence-electron chi connectivity index (χ3n) is 3.62. The average Bonchev–Trinajstić information content (AvgIpc) is 2.44. The van der Waals surface area contributed by atoms with Crippen LogP contribution in [-0.4, -0.2) is 30.0 Å². The van der Waals surface area contributed by atoms with Crippen LogP contribution in [0.25, 0.3) is 0 Å². The van der Waals surface area contributed by atoms with Crippen molar-refractivity contribution >= 4 is 17.7 Å². The number of carbonyl (C=O) groups excluding carboxylic acids is 1. The van der Waals surface area contributed by atoms with E-state index in [4.69, 9.17) is 16.3 Å². The summed E-state index contributed by atoms with van der Waals surface area (Å²) >= 11 is 6.20. The third-order valence-corrected chi connectivity index (χ3v) is 3.98. The number of nitrogens with one attached hydrogen (secondary N) is 1. The Labute approximate surface area is 137 Å². The first-order chi connectivity index (χ1) is 10.2. The van der Waals surface area contributed by atoms with Crippen LogP contribution < -0.4 is 5.32 Å². The van der Waals surface area contributed by atoms with E-state index in [1.54, 1.807) is 0 Å². The quantitative estimate of drug-likeness (QED) is 0.835. The van der Waals surface area contributed by atoms with E-state index in [0.29, 0.717) is 24.4 Å². The highest BCUT2D eigenvalue weighted by molar-refractivity contribution is 6.31. The molecule has 0 saturated carbocycles. The summed E-state index contributed by atoms with van der Waals surface area (Å²) in [7, 11) is 0. The minimum absolute atomic E-state index is 0.0372. The molecule has 0 aliphatic heterocycles. The van der Waals surface area contributed by atoms with Crippen molar-refractivity contribution in [2.45, 2.75) is 46.1 Å². The first kappa shape index (κ1) is 18.8. The van der Waals surface area contributed by atoms with E-state index in [9.17, 15) is 9.90 Å². The molecule has 0 fully saturated rings. The van der Waals surface area contributed by atoms with Gasteiger partial charge in [-0.05, 0) is 45.2 Å². The van der Waals surface area contributed by atoms with Crippen molar-refractivity contribution in [3.05, 3.63) is 34.9 Å². The molecule has 1 unspecified atom stereocenters. The van der Waals surface area contributed by atoms with E-state index < -0.39 is 17.1 Å². The van der Waals surface area contributed by atoms with Crippen LogP contribution in [0.15, 0.2) is 24.3 Å². The Morgan fingerprint density at radius 2 is 1.95 bits per heavy atom. The van der Waals surface area contributed by atoms with E-state index in [0.717, 1.165) is 5.56 Å². The van der Waals surface area contributed by atoms with Gasteiger partial charge in [-0.3, -0.25) is 0 Å². The number of aliphatic hydroxyl groups excluding tert-OH is 1. The highest BCUT2D eigenvalue weighted by Crippen LogP contribution is 2.29. The molecule has 4 nitrogen and oxygen atoms in total. The standard InChI is InChI=1S/C17H26ClNO3/c1-5-17(12-20,10-13-8-6-7-9-14(13)18)11-19-15(21)22-16(2,3)4/h6-9,20H,5,10-12H2,1-4H3,(H,19,21). The van der Waals surface area contributed by atoms with Crippen LogP contribution in [0, 0.1) is 5.41 Å². The number of alkyl carbamates (subject to hydrolysis) is 1. The second kappa shape index (κ2) is 7.84. The van der Waals surface area contributed by atoms with Gasteiger partial charge in [-0.15, -0.1) is 0 Å². The smallest absolute Gasteiger partial charge is 0.407 e. The monoisotopic (exact) mass is 327 g/mol. The van der Waals surface area contributed by atoms with E-state index in [1.165, 1.54) is 0 Å². The second-order valence-corrected chi connectivity index (χ2v) is 7.04. The number of carbonyl (C=O) groups is 1. The van der Waals surface area contributed by atoms with Crippen LogP contribution in [0.5, 0.6) is 0 Å². The van der Waals surface area contributed by atoms with Gasteiger partial charge in [0.15, 0.2) is 0 Å². The first-order valence-electron chi connectivity index (χ1n) is 7.52. The number of hydrogen-bond acceptors (Lipinski definition) is 3. The lowest BCUT2D eigenvalue weighted by molar-refractivity contribution is 0.0461. The van der Waals surface area contributed by atoms with Crippen LogP contribution in [0.4, 0.5) is 4.79 Å². The molecule has 124 valence electrons. The Kier molecular flexibility index (Phi) is 6.69. The Morgan fingerprint density at radius 1 is 1.32 bits per heavy atom. The van der Waals surface area contributed by atoms with Crippen LogP contribution in [0.1, 0.15) is 39.7 Å².